The molecule has 6 aromatic carbocycles. The average molecular weight is 898 g/mol. The Hall–Kier alpha value is -5.13. The fourth-order valence-electron chi connectivity index (χ4n) is 7.35. The molecule has 0 atom stereocenters. The molecule has 3 heterocycles. The first-order valence-electron chi connectivity index (χ1n) is 18.4. The minimum atomic E-state index is -1.35. The second-order valence-corrected chi connectivity index (χ2v) is 20.3. The zero-order valence-corrected chi connectivity index (χ0v) is 35.0. The number of hydrogen-bond acceptors (Lipinski definition) is 3. The first-order chi connectivity index (χ1) is 25.7. The van der Waals surface area contributed by atoms with E-state index in [9.17, 15) is 0 Å². The topological polar surface area (TPSA) is 43.9 Å². The van der Waals surface area contributed by atoms with E-state index in [0.717, 1.165) is 67.7 Å². The molecule has 0 amide bonds. The van der Waals surface area contributed by atoms with Crippen LogP contribution in [0.5, 0.6) is 0 Å². The molecule has 0 aliphatic carbocycles. The van der Waals surface area contributed by atoms with Gasteiger partial charge in [0.25, 0.3) is 0 Å². The van der Waals surface area contributed by atoms with Crippen LogP contribution < -0.4 is 5.19 Å². The van der Waals surface area contributed by atoms with Gasteiger partial charge < -0.3 is 14.0 Å². The van der Waals surface area contributed by atoms with Gasteiger partial charge in [-0.1, -0.05) is 130 Å². The maximum atomic E-state index is 6.33. The Morgan fingerprint density at radius 2 is 1.48 bits per heavy atom. The van der Waals surface area contributed by atoms with Crippen molar-refractivity contribution in [1.82, 2.24) is 14.5 Å². The van der Waals surface area contributed by atoms with E-state index in [0.29, 0.717) is 5.92 Å². The fraction of sp³-hybridized carbons (Fsp3) is 0.167. The van der Waals surface area contributed by atoms with E-state index in [1.165, 1.54) is 27.1 Å². The molecule has 0 unspecified atom stereocenters. The number of fused-ring (bicyclic) bond motifs is 5. The van der Waals surface area contributed by atoms with Gasteiger partial charge in [0.15, 0.2) is 0 Å². The smallest absolute Gasteiger partial charge is 0.120 e. The Kier molecular flexibility index (Phi) is 10.5. The van der Waals surface area contributed by atoms with Crippen molar-refractivity contribution in [3.63, 3.8) is 0 Å². The summed E-state index contributed by atoms with van der Waals surface area (Å²) >= 11 is 0. The molecular formula is C48H43IrN3OSi-2. The summed E-state index contributed by atoms with van der Waals surface area (Å²) in [6, 6.07) is 50.5. The summed E-state index contributed by atoms with van der Waals surface area (Å²) in [6.07, 6.45) is 3.25. The molecular weight excluding hydrogens is 855 g/mol. The molecule has 0 N–H and O–H groups in total. The van der Waals surface area contributed by atoms with Crippen LogP contribution in [0.2, 0.25) is 19.6 Å². The van der Waals surface area contributed by atoms with E-state index >= 15 is 0 Å². The van der Waals surface area contributed by atoms with Crippen LogP contribution in [0.3, 0.4) is 0 Å². The first kappa shape index (κ1) is 37.2. The minimum absolute atomic E-state index is 0. The van der Waals surface area contributed by atoms with Gasteiger partial charge in [-0.15, -0.1) is 53.6 Å². The van der Waals surface area contributed by atoms with Gasteiger partial charge in [0.05, 0.1) is 30.5 Å². The summed E-state index contributed by atoms with van der Waals surface area (Å²) in [4.78, 5) is 9.79. The van der Waals surface area contributed by atoms with Crippen LogP contribution >= 0.6 is 0 Å². The summed E-state index contributed by atoms with van der Waals surface area (Å²) in [5, 5.41) is 6.04. The maximum absolute atomic E-state index is 6.33. The SMILES string of the molecule is Cc1cc[c-]c(-c2cc(CC(C)C)c([Si](C)(C)C)cn2)c1.[Ir].[c-]1ccc2c(oc3ccccc32)c1-c1nc2ccccc2n1-c1cccc2ccccc12. The number of imidazole rings is 1. The van der Waals surface area contributed by atoms with Crippen LogP contribution in [-0.2, 0) is 26.5 Å². The Balaban J connectivity index is 0.000000180. The summed E-state index contributed by atoms with van der Waals surface area (Å²) < 4.78 is 8.56. The third-order valence-electron chi connectivity index (χ3n) is 9.79. The molecule has 9 aromatic rings. The van der Waals surface area contributed by atoms with Crippen LogP contribution in [-0.4, -0.2) is 22.6 Å². The molecule has 0 fully saturated rings. The molecule has 0 saturated heterocycles. The zero-order valence-electron chi connectivity index (χ0n) is 31.6. The van der Waals surface area contributed by atoms with E-state index in [4.69, 9.17) is 14.4 Å². The Labute approximate surface area is 332 Å². The Bertz CT molecular complexity index is 2750. The van der Waals surface area contributed by atoms with E-state index in [2.05, 4.69) is 154 Å². The van der Waals surface area contributed by atoms with Gasteiger partial charge in [-0.3, -0.25) is 4.98 Å². The summed E-state index contributed by atoms with van der Waals surface area (Å²) in [5.74, 6) is 1.49. The normalized spacial score (nSPS) is 11.6. The van der Waals surface area contributed by atoms with Crippen LogP contribution in [0.25, 0.3) is 72.1 Å². The molecule has 54 heavy (non-hydrogen) atoms. The molecule has 4 nitrogen and oxygen atoms in total. The van der Waals surface area contributed by atoms with E-state index < -0.39 is 8.07 Å². The molecule has 0 aliphatic heterocycles. The molecule has 6 heteroatoms. The van der Waals surface area contributed by atoms with Gasteiger partial charge in [-0.2, -0.15) is 0 Å². The first-order valence-corrected chi connectivity index (χ1v) is 21.9. The number of pyridine rings is 1. The van der Waals surface area contributed by atoms with Gasteiger partial charge in [-0.05, 0) is 52.9 Å². The number of aryl methyl sites for hydroxylation is 1. The molecule has 3 aromatic heterocycles. The molecule has 0 aliphatic rings. The number of rotatable bonds is 6. The van der Waals surface area contributed by atoms with Gasteiger partial charge in [0.1, 0.15) is 5.58 Å². The number of nitrogens with zero attached hydrogens (tertiary/aromatic N) is 3. The number of furan rings is 1. The number of aromatic nitrogens is 3. The molecule has 9 rings (SSSR count). The maximum Gasteiger partial charge on any atom is 0.120 e. The van der Waals surface area contributed by atoms with Crippen LogP contribution in [0.1, 0.15) is 25.0 Å². The van der Waals surface area contributed by atoms with Crippen LogP contribution in [0.4, 0.5) is 0 Å². The zero-order chi connectivity index (χ0) is 36.7. The molecule has 0 spiro atoms. The van der Waals surface area contributed by atoms with Crippen molar-refractivity contribution >= 4 is 57.0 Å². The monoisotopic (exact) mass is 898 g/mol. The standard InChI is InChI=1S/C29H17N2O.C19H26NSi.Ir/c1-2-11-20-19(9-1)10-7-17-25(20)31-26-16-5-4-15-24(26)30-29(31)23-14-8-13-22-21-12-3-6-18-27(21)32-28(22)23;1-14(2)10-17-12-18(16-9-7-8-15(3)11-16)20-13-19(17)21(4,5)6;/h1-13,15-18H;7-8,11-14H,10H2,1-6H3;/q2*-1;. The van der Waals surface area contributed by atoms with Crippen molar-refractivity contribution in [1.29, 1.82) is 0 Å². The minimum Gasteiger partial charge on any atom is -0.501 e. The van der Waals surface area contributed by atoms with Gasteiger partial charge in [0, 0.05) is 42.8 Å². The second kappa shape index (κ2) is 15.3. The number of benzene rings is 6. The second-order valence-electron chi connectivity index (χ2n) is 15.3. The van der Waals surface area contributed by atoms with Crippen molar-refractivity contribution in [2.45, 2.75) is 46.8 Å². The van der Waals surface area contributed by atoms with Crippen molar-refractivity contribution < 1.29 is 24.5 Å². The van der Waals surface area contributed by atoms with E-state index in [1.54, 1.807) is 0 Å². The summed E-state index contributed by atoms with van der Waals surface area (Å²) in [5.41, 5.74) is 10.5. The third kappa shape index (κ3) is 7.22. The largest absolute Gasteiger partial charge is 0.501 e. The third-order valence-corrected chi connectivity index (χ3v) is 11.9. The molecule has 271 valence electrons. The summed E-state index contributed by atoms with van der Waals surface area (Å²) in [7, 11) is -1.35. The van der Waals surface area contributed by atoms with Crippen LogP contribution in [0.15, 0.2) is 138 Å². The van der Waals surface area contributed by atoms with Crippen LogP contribution in [0, 0.1) is 25.0 Å². The van der Waals surface area contributed by atoms with Crippen molar-refractivity contribution in [2.24, 2.45) is 5.92 Å². The van der Waals surface area contributed by atoms with Crippen molar-refractivity contribution in [3.05, 3.63) is 157 Å². The quantitative estimate of drug-likeness (QED) is 0.123. The van der Waals surface area contributed by atoms with Gasteiger partial charge in [0.2, 0.25) is 0 Å². The van der Waals surface area contributed by atoms with E-state index in [-0.39, 0.29) is 20.1 Å². The van der Waals surface area contributed by atoms with Crippen molar-refractivity contribution in [2.75, 3.05) is 0 Å². The van der Waals surface area contributed by atoms with E-state index in [1.807, 2.05) is 36.4 Å². The molecule has 0 bridgehead atoms. The molecule has 1 radical (unpaired) electrons. The average Bonchev–Trinajstić information content (AvgIpc) is 3.73. The summed E-state index contributed by atoms with van der Waals surface area (Å²) in [6.45, 7) is 13.9. The Morgan fingerprint density at radius 3 is 2.28 bits per heavy atom. The molecule has 0 saturated carbocycles. The number of hydrogen-bond donors (Lipinski definition) is 0. The Morgan fingerprint density at radius 1 is 0.759 bits per heavy atom. The van der Waals surface area contributed by atoms with Crippen molar-refractivity contribution in [3.8, 4) is 28.3 Å². The fourth-order valence-corrected chi connectivity index (χ4v) is 8.94. The predicted octanol–water partition coefficient (Wildman–Crippen LogP) is 12.1. The van der Waals surface area contributed by atoms with Gasteiger partial charge in [-0.25, -0.2) is 0 Å². The van der Waals surface area contributed by atoms with Gasteiger partial charge >= 0.3 is 0 Å². The number of para-hydroxylation sites is 3. The predicted molar refractivity (Wildman–Crippen MR) is 225 cm³/mol.